The molecule has 0 aromatic rings. The van der Waals surface area contributed by atoms with E-state index in [0.29, 0.717) is 25.8 Å². The van der Waals surface area contributed by atoms with Crippen LogP contribution in [0.1, 0.15) is 19.3 Å². The van der Waals surface area contributed by atoms with Gasteiger partial charge in [0.05, 0.1) is 0 Å². The standard InChI is InChI=1S/C8H17N3O4/c9-6(8(13)14)3-1-2-4-11-7(12)5-15-10/h6H,1-5,9-10H2,(H,11,12)(H,13,14). The normalized spacial score (nSPS) is 12.1. The Bertz CT molecular complexity index is 210. The summed E-state index contributed by atoms with van der Waals surface area (Å²) in [4.78, 5) is 25.3. The molecule has 0 saturated carbocycles. The molecular weight excluding hydrogens is 202 g/mol. The maximum Gasteiger partial charge on any atom is 0.320 e. The number of carboxylic acids is 1. The number of rotatable bonds is 8. The van der Waals surface area contributed by atoms with Gasteiger partial charge in [-0.15, -0.1) is 0 Å². The molecule has 15 heavy (non-hydrogen) atoms. The summed E-state index contributed by atoms with van der Waals surface area (Å²) in [6, 6.07) is -0.826. The molecular formula is C8H17N3O4. The molecule has 0 aliphatic heterocycles. The molecule has 1 atom stereocenters. The number of nitrogens with two attached hydrogens (primary N) is 2. The Morgan fingerprint density at radius 1 is 1.40 bits per heavy atom. The quantitative estimate of drug-likeness (QED) is 0.293. The van der Waals surface area contributed by atoms with Gasteiger partial charge >= 0.3 is 5.97 Å². The molecule has 0 heterocycles. The highest BCUT2D eigenvalue weighted by Crippen LogP contribution is 1.97. The fourth-order valence-electron chi connectivity index (χ4n) is 0.967. The van der Waals surface area contributed by atoms with E-state index in [0.717, 1.165) is 0 Å². The maximum absolute atomic E-state index is 10.8. The average molecular weight is 219 g/mol. The summed E-state index contributed by atoms with van der Waals surface area (Å²) < 4.78 is 0. The van der Waals surface area contributed by atoms with Crippen LogP contribution in [0.15, 0.2) is 0 Å². The first kappa shape index (κ1) is 13.8. The maximum atomic E-state index is 10.8. The van der Waals surface area contributed by atoms with Crippen molar-refractivity contribution in [1.29, 1.82) is 0 Å². The Hall–Kier alpha value is -1.18. The molecule has 0 fully saturated rings. The smallest absolute Gasteiger partial charge is 0.320 e. The number of carboxylic acid groups (broad SMARTS) is 1. The van der Waals surface area contributed by atoms with Gasteiger partial charge in [0.25, 0.3) is 0 Å². The summed E-state index contributed by atoms with van der Waals surface area (Å²) in [6.45, 7) is 0.295. The van der Waals surface area contributed by atoms with Gasteiger partial charge in [-0.25, -0.2) is 5.90 Å². The second-order valence-electron chi connectivity index (χ2n) is 3.10. The molecule has 7 heteroatoms. The molecule has 0 saturated heterocycles. The predicted molar refractivity (Wildman–Crippen MR) is 52.6 cm³/mol. The number of carbonyl (C=O) groups is 2. The molecule has 0 aromatic heterocycles. The zero-order chi connectivity index (χ0) is 11.7. The van der Waals surface area contributed by atoms with E-state index in [1.54, 1.807) is 0 Å². The molecule has 0 aliphatic rings. The molecule has 0 bridgehead atoms. The lowest BCUT2D eigenvalue weighted by Gasteiger charge is -2.06. The third-order valence-corrected chi connectivity index (χ3v) is 1.80. The van der Waals surface area contributed by atoms with Crippen molar-refractivity contribution < 1.29 is 19.5 Å². The number of hydrogen-bond acceptors (Lipinski definition) is 5. The Morgan fingerprint density at radius 3 is 2.60 bits per heavy atom. The van der Waals surface area contributed by atoms with Crippen LogP contribution >= 0.6 is 0 Å². The minimum absolute atomic E-state index is 0.172. The average Bonchev–Trinajstić information content (AvgIpc) is 2.17. The fourth-order valence-corrected chi connectivity index (χ4v) is 0.967. The van der Waals surface area contributed by atoms with E-state index >= 15 is 0 Å². The van der Waals surface area contributed by atoms with Crippen LogP contribution in [-0.4, -0.2) is 36.2 Å². The van der Waals surface area contributed by atoms with E-state index in [1.807, 2.05) is 0 Å². The number of hydrogen-bond donors (Lipinski definition) is 4. The number of amides is 1. The van der Waals surface area contributed by atoms with Gasteiger partial charge in [0.1, 0.15) is 12.6 Å². The molecule has 0 rings (SSSR count). The Balaban J connectivity index is 3.32. The third kappa shape index (κ3) is 7.86. The van der Waals surface area contributed by atoms with Gasteiger partial charge in [-0.1, -0.05) is 0 Å². The number of carbonyl (C=O) groups excluding carboxylic acids is 1. The van der Waals surface area contributed by atoms with Crippen molar-refractivity contribution in [2.75, 3.05) is 13.2 Å². The molecule has 0 spiro atoms. The zero-order valence-corrected chi connectivity index (χ0v) is 8.44. The third-order valence-electron chi connectivity index (χ3n) is 1.80. The van der Waals surface area contributed by atoms with Crippen molar-refractivity contribution in [3.63, 3.8) is 0 Å². The van der Waals surface area contributed by atoms with Crippen LogP contribution in [0.4, 0.5) is 0 Å². The van der Waals surface area contributed by atoms with Crippen molar-refractivity contribution in [3.05, 3.63) is 0 Å². The van der Waals surface area contributed by atoms with Crippen LogP contribution in [0.3, 0.4) is 0 Å². The second-order valence-corrected chi connectivity index (χ2v) is 3.10. The first-order valence-electron chi connectivity index (χ1n) is 4.64. The number of nitrogens with one attached hydrogen (secondary N) is 1. The molecule has 88 valence electrons. The summed E-state index contributed by atoms with van der Waals surface area (Å²) in [6.07, 6.45) is 1.73. The lowest BCUT2D eigenvalue weighted by atomic mass is 10.1. The van der Waals surface area contributed by atoms with Crippen molar-refractivity contribution in [3.8, 4) is 0 Å². The van der Waals surface area contributed by atoms with E-state index in [4.69, 9.17) is 16.7 Å². The van der Waals surface area contributed by atoms with E-state index < -0.39 is 12.0 Å². The van der Waals surface area contributed by atoms with E-state index in [1.165, 1.54) is 0 Å². The Labute approximate surface area is 87.7 Å². The molecule has 1 unspecified atom stereocenters. The molecule has 0 aromatic carbocycles. The molecule has 6 N–H and O–H groups in total. The topological polar surface area (TPSA) is 128 Å². The summed E-state index contributed by atoms with van der Waals surface area (Å²) in [7, 11) is 0. The van der Waals surface area contributed by atoms with Gasteiger partial charge in [-0.05, 0) is 19.3 Å². The monoisotopic (exact) mass is 219 g/mol. The van der Waals surface area contributed by atoms with Crippen LogP contribution in [0.5, 0.6) is 0 Å². The fraction of sp³-hybridized carbons (Fsp3) is 0.750. The highest BCUT2D eigenvalue weighted by Gasteiger charge is 2.09. The van der Waals surface area contributed by atoms with Gasteiger partial charge in [-0.3, -0.25) is 14.4 Å². The van der Waals surface area contributed by atoms with Gasteiger partial charge in [0, 0.05) is 6.54 Å². The second kappa shape index (κ2) is 8.16. The highest BCUT2D eigenvalue weighted by molar-refractivity contribution is 5.77. The summed E-state index contributed by atoms with van der Waals surface area (Å²) in [5, 5.41) is 11.0. The number of aliphatic carboxylic acids is 1. The van der Waals surface area contributed by atoms with E-state index in [2.05, 4.69) is 10.2 Å². The summed E-state index contributed by atoms with van der Waals surface area (Å²) >= 11 is 0. The van der Waals surface area contributed by atoms with Crippen LogP contribution < -0.4 is 16.9 Å². The van der Waals surface area contributed by atoms with Gasteiger partial charge in [0.15, 0.2) is 0 Å². The first-order chi connectivity index (χ1) is 7.07. The Kier molecular flexibility index (Phi) is 7.51. The van der Waals surface area contributed by atoms with E-state index in [-0.39, 0.29) is 12.5 Å². The SMILES string of the molecule is NOCC(=O)NCCCCC(N)C(=O)O. The van der Waals surface area contributed by atoms with Gasteiger partial charge in [0.2, 0.25) is 5.91 Å². The zero-order valence-electron chi connectivity index (χ0n) is 8.44. The van der Waals surface area contributed by atoms with Crippen molar-refractivity contribution >= 4 is 11.9 Å². The molecule has 0 aliphatic carbocycles. The van der Waals surface area contributed by atoms with Gasteiger partial charge < -0.3 is 16.2 Å². The molecule has 0 radical (unpaired) electrons. The largest absolute Gasteiger partial charge is 0.480 e. The van der Waals surface area contributed by atoms with Crippen molar-refractivity contribution in [2.45, 2.75) is 25.3 Å². The van der Waals surface area contributed by atoms with E-state index in [9.17, 15) is 9.59 Å². The van der Waals surface area contributed by atoms with Gasteiger partial charge in [-0.2, -0.15) is 0 Å². The van der Waals surface area contributed by atoms with Crippen molar-refractivity contribution in [2.24, 2.45) is 11.6 Å². The lowest BCUT2D eigenvalue weighted by molar-refractivity contribution is -0.138. The van der Waals surface area contributed by atoms with Crippen molar-refractivity contribution in [1.82, 2.24) is 5.32 Å². The highest BCUT2D eigenvalue weighted by atomic mass is 16.6. The Morgan fingerprint density at radius 2 is 2.07 bits per heavy atom. The first-order valence-corrected chi connectivity index (χ1v) is 4.64. The van der Waals surface area contributed by atoms with Crippen LogP contribution in [0.25, 0.3) is 0 Å². The number of unbranched alkanes of at least 4 members (excludes halogenated alkanes) is 1. The molecule has 7 nitrogen and oxygen atoms in total. The summed E-state index contributed by atoms with van der Waals surface area (Å²) in [5.41, 5.74) is 5.28. The van der Waals surface area contributed by atoms with Crippen LogP contribution in [0, 0.1) is 0 Å². The minimum atomic E-state index is -1.00. The minimum Gasteiger partial charge on any atom is -0.480 e. The summed E-state index contributed by atoms with van der Waals surface area (Å²) in [5.74, 6) is 3.39. The van der Waals surface area contributed by atoms with Crippen LogP contribution in [-0.2, 0) is 14.4 Å². The predicted octanol–water partition coefficient (Wildman–Crippen LogP) is -1.42. The molecule has 1 amide bonds. The lowest BCUT2D eigenvalue weighted by Crippen LogP contribution is -2.31. The van der Waals surface area contributed by atoms with Crippen LogP contribution in [0.2, 0.25) is 0 Å².